The number of nitrogens with zero attached hydrogens (tertiary/aromatic N) is 1. The zero-order chi connectivity index (χ0) is 12.6. The van der Waals surface area contributed by atoms with Crippen molar-refractivity contribution in [3.05, 3.63) is 35.6 Å². The molecule has 1 aromatic carbocycles. The highest BCUT2D eigenvalue weighted by molar-refractivity contribution is 7.79. The molecule has 90 valence electrons. The van der Waals surface area contributed by atoms with Crippen LogP contribution >= 0.6 is 12.8 Å². The largest absolute Gasteiger partial charge is 0.224 e. The molecule has 0 N–H and O–H groups in total. The summed E-state index contributed by atoms with van der Waals surface area (Å²) in [6, 6.07) is 6.56. The molecule has 0 aromatic heterocycles. The number of rotatable bonds is 2. The molecule has 0 aliphatic rings. The molecule has 1 nitrogen and oxygen atoms in total. The molecule has 0 saturated carbocycles. The van der Waals surface area contributed by atoms with Gasteiger partial charge in [0.1, 0.15) is 5.82 Å². The van der Waals surface area contributed by atoms with Crippen LogP contribution in [0, 0.1) is 11.7 Å². The molecular formula is C13H20FNS. The lowest BCUT2D eigenvalue weighted by atomic mass is 10.1. The van der Waals surface area contributed by atoms with E-state index >= 15 is 0 Å². The van der Waals surface area contributed by atoms with Gasteiger partial charge in [-0.1, -0.05) is 45.9 Å². The van der Waals surface area contributed by atoms with Crippen LogP contribution in [0.15, 0.2) is 28.7 Å². The molecule has 0 atom stereocenters. The van der Waals surface area contributed by atoms with Gasteiger partial charge in [-0.25, -0.2) is 8.79 Å². The Kier molecular flexibility index (Phi) is 7.90. The van der Waals surface area contributed by atoms with Gasteiger partial charge in [-0.2, -0.15) is 0 Å². The van der Waals surface area contributed by atoms with Gasteiger partial charge >= 0.3 is 0 Å². The van der Waals surface area contributed by atoms with Gasteiger partial charge in [0.2, 0.25) is 0 Å². The van der Waals surface area contributed by atoms with Crippen molar-refractivity contribution >= 4 is 18.5 Å². The summed E-state index contributed by atoms with van der Waals surface area (Å²) in [6.45, 7) is 8.42. The van der Waals surface area contributed by atoms with Gasteiger partial charge in [0.15, 0.2) is 0 Å². The topological polar surface area (TPSA) is 12.4 Å². The first kappa shape index (κ1) is 15.2. The zero-order valence-electron chi connectivity index (χ0n) is 10.4. The number of thiol groups is 1. The zero-order valence-corrected chi connectivity index (χ0v) is 11.3. The number of hydrogen-bond donors (Lipinski definition) is 1. The van der Waals surface area contributed by atoms with E-state index in [0.717, 1.165) is 5.92 Å². The van der Waals surface area contributed by atoms with Gasteiger partial charge in [0, 0.05) is 5.56 Å². The molecular weight excluding hydrogens is 221 g/mol. The Balaban J connectivity index is 0.000000487. The summed E-state index contributed by atoms with van der Waals surface area (Å²) in [5.41, 5.74) is 1.21. The molecule has 3 heteroatoms. The molecule has 0 aliphatic carbocycles. The van der Waals surface area contributed by atoms with Crippen LogP contribution in [0.1, 0.15) is 39.7 Å². The molecule has 0 unspecified atom stereocenters. The summed E-state index contributed by atoms with van der Waals surface area (Å²) >= 11 is 3.78. The predicted molar refractivity (Wildman–Crippen MR) is 72.7 cm³/mol. The Morgan fingerprint density at radius 2 is 1.81 bits per heavy atom. The van der Waals surface area contributed by atoms with Gasteiger partial charge in [-0.3, -0.25) is 0 Å². The normalized spacial score (nSPS) is 11.1. The van der Waals surface area contributed by atoms with E-state index in [2.05, 4.69) is 38.0 Å². The Morgan fingerprint density at radius 3 is 2.19 bits per heavy atom. The highest BCUT2D eigenvalue weighted by atomic mass is 32.1. The van der Waals surface area contributed by atoms with Gasteiger partial charge in [-0.05, 0) is 31.2 Å². The van der Waals surface area contributed by atoms with Crippen molar-refractivity contribution in [2.75, 3.05) is 0 Å². The molecule has 0 radical (unpaired) electrons. The third-order valence-corrected chi connectivity index (χ3v) is 1.88. The average Bonchev–Trinajstić information content (AvgIpc) is 2.21. The predicted octanol–water partition coefficient (Wildman–Crippen LogP) is 4.53. The van der Waals surface area contributed by atoms with E-state index in [1.54, 1.807) is 18.2 Å². The highest BCUT2D eigenvalue weighted by Crippen LogP contribution is 2.10. The van der Waals surface area contributed by atoms with Crippen LogP contribution in [-0.2, 0) is 0 Å². The van der Waals surface area contributed by atoms with Crippen LogP contribution in [0.25, 0.3) is 0 Å². The second kappa shape index (κ2) is 8.34. The second-order valence-corrected chi connectivity index (χ2v) is 4.31. The fraction of sp³-hybridized carbons (Fsp3) is 0.462. The maximum absolute atomic E-state index is 13.1. The standard InChI is InChI=1S/C9H10FNS.C4H10/c1-2-9(11-12)7-5-3-4-6-8(7)10;1-4(2)3/h3-6,12H,2H2,1H3;4H,1-3H3/b11-9+;. The van der Waals surface area contributed by atoms with E-state index in [0.29, 0.717) is 17.7 Å². The molecule has 16 heavy (non-hydrogen) atoms. The smallest absolute Gasteiger partial charge is 0.132 e. The Morgan fingerprint density at radius 1 is 1.31 bits per heavy atom. The van der Waals surface area contributed by atoms with Gasteiger partial charge < -0.3 is 0 Å². The molecule has 1 aromatic rings. The quantitative estimate of drug-likeness (QED) is 0.577. The van der Waals surface area contributed by atoms with Crippen LogP contribution < -0.4 is 0 Å². The lowest BCUT2D eigenvalue weighted by Gasteiger charge is -2.02. The van der Waals surface area contributed by atoms with Crippen LogP contribution in [0.3, 0.4) is 0 Å². The van der Waals surface area contributed by atoms with Crippen molar-refractivity contribution in [1.82, 2.24) is 0 Å². The third-order valence-electron chi connectivity index (χ3n) is 1.64. The van der Waals surface area contributed by atoms with E-state index in [1.807, 2.05) is 6.92 Å². The SMILES string of the molecule is CC(C)C.CC/C(=N\S)c1ccccc1F. The van der Waals surface area contributed by atoms with Crippen molar-refractivity contribution in [2.24, 2.45) is 10.3 Å². The number of hydrogen-bond acceptors (Lipinski definition) is 2. The van der Waals surface area contributed by atoms with Crippen molar-refractivity contribution in [3.63, 3.8) is 0 Å². The summed E-state index contributed by atoms with van der Waals surface area (Å²) in [4.78, 5) is 0. The molecule has 0 heterocycles. The van der Waals surface area contributed by atoms with Crippen LogP contribution in [-0.4, -0.2) is 5.71 Å². The van der Waals surface area contributed by atoms with Crippen LogP contribution in [0.5, 0.6) is 0 Å². The molecule has 0 bridgehead atoms. The van der Waals surface area contributed by atoms with Crippen molar-refractivity contribution in [3.8, 4) is 0 Å². The minimum atomic E-state index is -0.243. The van der Waals surface area contributed by atoms with E-state index in [-0.39, 0.29) is 5.82 Å². The first-order valence-electron chi connectivity index (χ1n) is 5.48. The van der Waals surface area contributed by atoms with Crippen molar-refractivity contribution in [1.29, 1.82) is 0 Å². The third kappa shape index (κ3) is 5.91. The van der Waals surface area contributed by atoms with Crippen molar-refractivity contribution in [2.45, 2.75) is 34.1 Å². The summed E-state index contributed by atoms with van der Waals surface area (Å²) < 4.78 is 16.8. The lowest BCUT2D eigenvalue weighted by molar-refractivity contribution is 0.625. The Labute approximate surface area is 103 Å². The van der Waals surface area contributed by atoms with Crippen molar-refractivity contribution < 1.29 is 4.39 Å². The van der Waals surface area contributed by atoms with Gasteiger partial charge in [-0.15, -0.1) is 0 Å². The summed E-state index contributed by atoms with van der Waals surface area (Å²) in [5, 5.41) is 0. The summed E-state index contributed by atoms with van der Waals surface area (Å²) in [5.74, 6) is 0.590. The minimum Gasteiger partial charge on any atom is -0.224 e. The first-order chi connectivity index (χ1) is 7.52. The van der Waals surface area contributed by atoms with Gasteiger partial charge in [0.25, 0.3) is 0 Å². The molecule has 0 aliphatic heterocycles. The van der Waals surface area contributed by atoms with E-state index in [9.17, 15) is 4.39 Å². The fourth-order valence-corrected chi connectivity index (χ4v) is 1.26. The molecule has 0 saturated heterocycles. The number of benzene rings is 1. The maximum atomic E-state index is 13.1. The van der Waals surface area contributed by atoms with Crippen LogP contribution in [0.4, 0.5) is 4.39 Å². The molecule has 0 spiro atoms. The molecule has 1 rings (SSSR count). The fourth-order valence-electron chi connectivity index (χ4n) is 1.01. The van der Waals surface area contributed by atoms with E-state index in [4.69, 9.17) is 0 Å². The highest BCUT2D eigenvalue weighted by Gasteiger charge is 2.05. The monoisotopic (exact) mass is 241 g/mol. The summed E-state index contributed by atoms with van der Waals surface area (Å²) in [7, 11) is 0. The van der Waals surface area contributed by atoms with E-state index < -0.39 is 0 Å². The van der Waals surface area contributed by atoms with Crippen LogP contribution in [0.2, 0.25) is 0 Å². The Hall–Kier alpha value is -0.830. The minimum absolute atomic E-state index is 0.243. The first-order valence-corrected chi connectivity index (χ1v) is 5.88. The Bertz CT molecular complexity index is 332. The lowest BCUT2D eigenvalue weighted by Crippen LogP contribution is -2.00. The maximum Gasteiger partial charge on any atom is 0.132 e. The van der Waals surface area contributed by atoms with Gasteiger partial charge in [0.05, 0.1) is 5.71 Å². The number of halogens is 1. The molecule has 0 amide bonds. The van der Waals surface area contributed by atoms with E-state index in [1.165, 1.54) is 6.07 Å². The molecule has 0 fully saturated rings. The summed E-state index contributed by atoms with van der Waals surface area (Å²) in [6.07, 6.45) is 0.685. The second-order valence-electron chi connectivity index (χ2n) is 4.11. The average molecular weight is 241 g/mol.